The van der Waals surface area contributed by atoms with Gasteiger partial charge in [-0.2, -0.15) is 0 Å². The molecular formula is C15H14ClNO3. The molecule has 2 aromatic carbocycles. The van der Waals surface area contributed by atoms with Gasteiger partial charge in [-0.25, -0.2) is 9.69 Å². The first-order valence-electron chi connectivity index (χ1n) is 5.96. The van der Waals surface area contributed by atoms with E-state index in [-0.39, 0.29) is 0 Å². The molecule has 2 aromatic rings. The smallest absolute Gasteiger partial charge is 0.416 e. The second kappa shape index (κ2) is 5.84. The normalized spacial score (nSPS) is 10.2. The number of carboxylic acid groups (broad SMARTS) is 1. The van der Waals surface area contributed by atoms with Gasteiger partial charge in [-0.3, -0.25) is 0 Å². The van der Waals surface area contributed by atoms with Gasteiger partial charge in [0.25, 0.3) is 0 Å². The largest absolute Gasteiger partial charge is 0.495 e. The molecule has 0 unspecified atom stereocenters. The van der Waals surface area contributed by atoms with Crippen molar-refractivity contribution >= 4 is 29.1 Å². The number of carbonyl (C=O) groups is 1. The molecule has 0 aromatic heterocycles. The van der Waals surface area contributed by atoms with E-state index in [1.165, 1.54) is 7.11 Å². The Morgan fingerprint density at radius 3 is 2.60 bits per heavy atom. The van der Waals surface area contributed by atoms with Crippen molar-refractivity contribution in [3.8, 4) is 5.75 Å². The molecule has 0 heterocycles. The van der Waals surface area contributed by atoms with Gasteiger partial charge in [0.15, 0.2) is 0 Å². The predicted molar refractivity (Wildman–Crippen MR) is 79.3 cm³/mol. The van der Waals surface area contributed by atoms with Crippen LogP contribution in [-0.4, -0.2) is 18.3 Å². The molecule has 0 aliphatic carbocycles. The van der Waals surface area contributed by atoms with Crippen LogP contribution in [-0.2, 0) is 0 Å². The van der Waals surface area contributed by atoms with E-state index in [9.17, 15) is 9.90 Å². The summed E-state index contributed by atoms with van der Waals surface area (Å²) in [4.78, 5) is 12.7. The van der Waals surface area contributed by atoms with Crippen LogP contribution in [0.4, 0.5) is 16.2 Å². The van der Waals surface area contributed by atoms with Crippen molar-refractivity contribution in [1.29, 1.82) is 0 Å². The highest BCUT2D eigenvalue weighted by molar-refractivity contribution is 6.31. The molecule has 0 saturated carbocycles. The molecule has 1 N–H and O–H groups in total. The van der Waals surface area contributed by atoms with Gasteiger partial charge in [0, 0.05) is 5.02 Å². The van der Waals surface area contributed by atoms with E-state index in [1.807, 2.05) is 13.0 Å². The number of hydrogen-bond donors (Lipinski definition) is 1. The van der Waals surface area contributed by atoms with Crippen molar-refractivity contribution in [2.45, 2.75) is 6.92 Å². The van der Waals surface area contributed by atoms with Crippen LogP contribution in [0.1, 0.15) is 5.56 Å². The maximum absolute atomic E-state index is 11.6. The van der Waals surface area contributed by atoms with Crippen LogP contribution in [0.25, 0.3) is 0 Å². The van der Waals surface area contributed by atoms with Crippen LogP contribution < -0.4 is 9.64 Å². The number of rotatable bonds is 3. The van der Waals surface area contributed by atoms with E-state index in [4.69, 9.17) is 16.3 Å². The van der Waals surface area contributed by atoms with Crippen LogP contribution in [0, 0.1) is 6.92 Å². The van der Waals surface area contributed by atoms with E-state index in [2.05, 4.69) is 0 Å². The molecule has 1 amide bonds. The standard InChI is InChI=1S/C15H14ClNO3/c1-10-6-7-13(14(8-10)20-2)17(15(18)19)12-5-3-4-11(16)9-12/h3-9H,1-2H3,(H,18,19). The molecule has 4 nitrogen and oxygen atoms in total. The number of anilines is 2. The van der Waals surface area contributed by atoms with Crippen LogP contribution in [0.5, 0.6) is 5.75 Å². The molecule has 0 saturated heterocycles. The van der Waals surface area contributed by atoms with Crippen molar-refractivity contribution in [2.75, 3.05) is 12.0 Å². The molecule has 5 heteroatoms. The van der Waals surface area contributed by atoms with E-state index < -0.39 is 6.09 Å². The van der Waals surface area contributed by atoms with Gasteiger partial charge in [0.1, 0.15) is 5.75 Å². The fraction of sp³-hybridized carbons (Fsp3) is 0.133. The SMILES string of the molecule is COc1cc(C)ccc1N(C(=O)O)c1cccc(Cl)c1. The number of hydrogen-bond acceptors (Lipinski definition) is 2. The Morgan fingerprint density at radius 2 is 2.00 bits per heavy atom. The Bertz CT molecular complexity index is 643. The summed E-state index contributed by atoms with van der Waals surface area (Å²) in [5.41, 5.74) is 1.90. The first kappa shape index (κ1) is 14.2. The lowest BCUT2D eigenvalue weighted by atomic mass is 10.2. The summed E-state index contributed by atoms with van der Waals surface area (Å²) in [5, 5.41) is 9.96. The first-order valence-corrected chi connectivity index (χ1v) is 6.34. The van der Waals surface area contributed by atoms with Gasteiger partial charge < -0.3 is 9.84 Å². The molecule has 0 bridgehead atoms. The van der Waals surface area contributed by atoms with Crippen molar-refractivity contribution in [3.05, 3.63) is 53.1 Å². The zero-order valence-corrected chi connectivity index (χ0v) is 11.9. The molecule has 20 heavy (non-hydrogen) atoms. The maximum atomic E-state index is 11.6. The third-order valence-electron chi connectivity index (χ3n) is 2.83. The fourth-order valence-electron chi connectivity index (χ4n) is 1.94. The van der Waals surface area contributed by atoms with Gasteiger partial charge >= 0.3 is 6.09 Å². The minimum atomic E-state index is -1.10. The molecule has 0 fully saturated rings. The van der Waals surface area contributed by atoms with Crippen molar-refractivity contribution in [1.82, 2.24) is 0 Å². The highest BCUT2D eigenvalue weighted by Crippen LogP contribution is 2.35. The van der Waals surface area contributed by atoms with Gasteiger partial charge in [0.05, 0.1) is 18.5 Å². The minimum absolute atomic E-state index is 0.452. The molecule has 0 aliphatic heterocycles. The van der Waals surface area contributed by atoms with Crippen molar-refractivity contribution in [2.24, 2.45) is 0 Å². The van der Waals surface area contributed by atoms with E-state index in [0.29, 0.717) is 22.1 Å². The molecule has 0 aliphatic rings. The Balaban J connectivity index is 2.57. The van der Waals surface area contributed by atoms with Gasteiger partial charge in [-0.1, -0.05) is 23.7 Å². The summed E-state index contributed by atoms with van der Waals surface area (Å²) in [6.45, 7) is 1.91. The van der Waals surface area contributed by atoms with E-state index >= 15 is 0 Å². The number of aryl methyl sites for hydroxylation is 1. The fourth-order valence-corrected chi connectivity index (χ4v) is 2.12. The van der Waals surface area contributed by atoms with Crippen LogP contribution in [0.2, 0.25) is 5.02 Å². The number of benzene rings is 2. The van der Waals surface area contributed by atoms with E-state index in [0.717, 1.165) is 10.5 Å². The number of ether oxygens (including phenoxy) is 1. The summed E-state index contributed by atoms with van der Waals surface area (Å²) in [6.07, 6.45) is -1.10. The first-order chi connectivity index (χ1) is 9.52. The highest BCUT2D eigenvalue weighted by atomic mass is 35.5. The lowest BCUT2D eigenvalue weighted by molar-refractivity contribution is 0.204. The zero-order valence-electron chi connectivity index (χ0n) is 11.1. The summed E-state index contributed by atoms with van der Waals surface area (Å²) in [7, 11) is 1.51. The summed E-state index contributed by atoms with van der Waals surface area (Å²) >= 11 is 5.93. The molecule has 0 atom stereocenters. The van der Waals surface area contributed by atoms with Gasteiger partial charge in [-0.15, -0.1) is 0 Å². The molecule has 0 spiro atoms. The van der Waals surface area contributed by atoms with Crippen LogP contribution in [0.15, 0.2) is 42.5 Å². The molecular weight excluding hydrogens is 278 g/mol. The molecule has 2 rings (SSSR count). The second-order valence-electron chi connectivity index (χ2n) is 4.27. The Hall–Kier alpha value is -2.20. The van der Waals surface area contributed by atoms with Gasteiger partial charge in [-0.05, 0) is 42.8 Å². The lowest BCUT2D eigenvalue weighted by Crippen LogP contribution is -2.24. The Labute approximate surface area is 122 Å². The summed E-state index contributed by atoms with van der Waals surface area (Å²) in [5.74, 6) is 0.493. The molecule has 104 valence electrons. The van der Waals surface area contributed by atoms with Crippen LogP contribution >= 0.6 is 11.6 Å². The van der Waals surface area contributed by atoms with Crippen molar-refractivity contribution in [3.63, 3.8) is 0 Å². The zero-order chi connectivity index (χ0) is 14.7. The van der Waals surface area contributed by atoms with Gasteiger partial charge in [0.2, 0.25) is 0 Å². The monoisotopic (exact) mass is 291 g/mol. The quantitative estimate of drug-likeness (QED) is 0.907. The highest BCUT2D eigenvalue weighted by Gasteiger charge is 2.20. The Morgan fingerprint density at radius 1 is 1.25 bits per heavy atom. The van der Waals surface area contributed by atoms with Crippen LogP contribution in [0.3, 0.4) is 0 Å². The lowest BCUT2D eigenvalue weighted by Gasteiger charge is -2.22. The number of amides is 1. The maximum Gasteiger partial charge on any atom is 0.416 e. The topological polar surface area (TPSA) is 49.8 Å². The summed E-state index contributed by atoms with van der Waals surface area (Å²) < 4.78 is 5.27. The summed E-state index contributed by atoms with van der Waals surface area (Å²) in [6, 6.07) is 12.0. The second-order valence-corrected chi connectivity index (χ2v) is 4.71. The number of halogens is 1. The van der Waals surface area contributed by atoms with E-state index in [1.54, 1.807) is 36.4 Å². The number of methoxy groups -OCH3 is 1. The predicted octanol–water partition coefficient (Wildman–Crippen LogP) is 4.47. The average molecular weight is 292 g/mol. The Kier molecular flexibility index (Phi) is 4.15. The minimum Gasteiger partial charge on any atom is -0.495 e. The molecule has 0 radical (unpaired) electrons. The third-order valence-corrected chi connectivity index (χ3v) is 3.07. The number of nitrogens with zero attached hydrogens (tertiary/aromatic N) is 1. The third kappa shape index (κ3) is 2.86. The van der Waals surface area contributed by atoms with Crippen molar-refractivity contribution < 1.29 is 14.6 Å². The average Bonchev–Trinajstić information content (AvgIpc) is 2.40.